The average Bonchev–Trinajstić information content (AvgIpc) is 2.85. The monoisotopic (exact) mass is 298 g/mol. The Morgan fingerprint density at radius 3 is 2.60 bits per heavy atom. The van der Waals surface area contributed by atoms with Gasteiger partial charge in [0.2, 0.25) is 0 Å². The molecular weight excluding hydrogens is 272 g/mol. The summed E-state index contributed by atoms with van der Waals surface area (Å²) in [7, 11) is 0. The van der Waals surface area contributed by atoms with Crippen LogP contribution in [0.25, 0.3) is 0 Å². The number of hydrogen-bond donors (Lipinski definition) is 0. The summed E-state index contributed by atoms with van der Waals surface area (Å²) < 4.78 is 5.14. The zero-order chi connectivity index (χ0) is 15.3. The van der Waals surface area contributed by atoms with Crippen LogP contribution in [0.4, 0.5) is 5.13 Å². The molecule has 0 saturated heterocycles. The molecule has 0 fully saturated rings. The Morgan fingerprint density at radius 2 is 2.10 bits per heavy atom. The van der Waals surface area contributed by atoms with Crippen molar-refractivity contribution in [2.45, 2.75) is 59.4 Å². The standard InChI is InChI=1S/C15H26N2O2S/c1-7-9-17(11(3)4)14-16-12(10-20-14)15(5,6)13(18)19-8-2/h10-11H,7-9H2,1-6H3. The van der Waals surface area contributed by atoms with Crippen LogP contribution in [-0.2, 0) is 14.9 Å². The average molecular weight is 298 g/mol. The van der Waals surface area contributed by atoms with Crippen molar-refractivity contribution < 1.29 is 9.53 Å². The summed E-state index contributed by atoms with van der Waals surface area (Å²) >= 11 is 1.60. The van der Waals surface area contributed by atoms with Crippen molar-refractivity contribution in [1.29, 1.82) is 0 Å². The molecule has 1 aromatic rings. The minimum atomic E-state index is -0.695. The zero-order valence-corrected chi connectivity index (χ0v) is 14.2. The van der Waals surface area contributed by atoms with E-state index >= 15 is 0 Å². The van der Waals surface area contributed by atoms with E-state index in [2.05, 4.69) is 30.7 Å². The molecule has 5 heteroatoms. The molecule has 1 aromatic heterocycles. The first-order valence-electron chi connectivity index (χ1n) is 7.24. The van der Waals surface area contributed by atoms with Gasteiger partial charge in [0.15, 0.2) is 5.13 Å². The molecule has 114 valence electrons. The molecule has 0 N–H and O–H groups in total. The van der Waals surface area contributed by atoms with Gasteiger partial charge in [-0.2, -0.15) is 0 Å². The van der Waals surface area contributed by atoms with Crippen LogP contribution in [0.2, 0.25) is 0 Å². The minimum absolute atomic E-state index is 0.219. The largest absolute Gasteiger partial charge is 0.465 e. The van der Waals surface area contributed by atoms with Crippen molar-refractivity contribution in [2.24, 2.45) is 0 Å². The van der Waals surface area contributed by atoms with Gasteiger partial charge in [-0.15, -0.1) is 11.3 Å². The van der Waals surface area contributed by atoms with Crippen LogP contribution in [-0.4, -0.2) is 30.1 Å². The first-order chi connectivity index (χ1) is 9.34. The van der Waals surface area contributed by atoms with E-state index in [9.17, 15) is 4.79 Å². The lowest BCUT2D eigenvalue weighted by atomic mass is 9.90. The molecule has 1 heterocycles. The van der Waals surface area contributed by atoms with Gasteiger partial charge in [0.25, 0.3) is 0 Å². The van der Waals surface area contributed by atoms with Gasteiger partial charge in [-0.3, -0.25) is 4.79 Å². The van der Waals surface area contributed by atoms with E-state index in [0.29, 0.717) is 12.6 Å². The Hall–Kier alpha value is -1.10. The summed E-state index contributed by atoms with van der Waals surface area (Å²) in [5, 5.41) is 2.95. The highest BCUT2D eigenvalue weighted by Crippen LogP contribution is 2.31. The maximum Gasteiger partial charge on any atom is 0.317 e. The third kappa shape index (κ3) is 3.72. The lowest BCUT2D eigenvalue weighted by Crippen LogP contribution is -2.33. The SMILES string of the molecule is CCCN(c1nc(C(C)(C)C(=O)OCC)cs1)C(C)C. The first-order valence-corrected chi connectivity index (χ1v) is 8.12. The smallest absolute Gasteiger partial charge is 0.317 e. The number of hydrogen-bond acceptors (Lipinski definition) is 5. The molecule has 4 nitrogen and oxygen atoms in total. The van der Waals surface area contributed by atoms with Gasteiger partial charge in [-0.1, -0.05) is 6.92 Å². The second-order valence-corrected chi connectivity index (χ2v) is 6.48. The number of carbonyl (C=O) groups excluding carboxylic acids is 1. The third-order valence-electron chi connectivity index (χ3n) is 3.25. The van der Waals surface area contributed by atoms with Gasteiger partial charge in [0, 0.05) is 18.0 Å². The Labute approximate surface area is 126 Å². The van der Waals surface area contributed by atoms with Gasteiger partial charge < -0.3 is 9.64 Å². The number of carbonyl (C=O) groups is 1. The molecule has 0 spiro atoms. The Kier molecular flexibility index (Phi) is 5.99. The van der Waals surface area contributed by atoms with E-state index in [1.165, 1.54) is 0 Å². The molecule has 0 amide bonds. The molecule has 0 radical (unpaired) electrons. The molecule has 0 aliphatic rings. The fourth-order valence-corrected chi connectivity index (χ4v) is 3.07. The van der Waals surface area contributed by atoms with Crippen LogP contribution >= 0.6 is 11.3 Å². The van der Waals surface area contributed by atoms with Crippen LogP contribution in [0, 0.1) is 0 Å². The summed E-state index contributed by atoms with van der Waals surface area (Å²) in [5.41, 5.74) is 0.0947. The summed E-state index contributed by atoms with van der Waals surface area (Å²) in [6.45, 7) is 13.4. The zero-order valence-electron chi connectivity index (χ0n) is 13.4. The highest BCUT2D eigenvalue weighted by atomic mass is 32.1. The normalized spacial score (nSPS) is 11.8. The Balaban J connectivity index is 2.98. The maximum atomic E-state index is 12.0. The second kappa shape index (κ2) is 7.07. The van der Waals surface area contributed by atoms with Gasteiger partial charge in [0.1, 0.15) is 5.41 Å². The fourth-order valence-electron chi connectivity index (χ4n) is 1.91. The summed E-state index contributed by atoms with van der Waals surface area (Å²) in [6.07, 6.45) is 1.08. The van der Waals surface area contributed by atoms with Crippen LogP contribution in [0.1, 0.15) is 53.7 Å². The molecular formula is C15H26N2O2S. The molecule has 0 aliphatic heterocycles. The van der Waals surface area contributed by atoms with E-state index in [4.69, 9.17) is 4.74 Å². The molecule has 1 rings (SSSR count). The maximum absolute atomic E-state index is 12.0. The Bertz CT molecular complexity index is 441. The van der Waals surface area contributed by atoms with Gasteiger partial charge in [0.05, 0.1) is 12.3 Å². The summed E-state index contributed by atoms with van der Waals surface area (Å²) in [5.74, 6) is -0.219. The van der Waals surface area contributed by atoms with Crippen molar-refractivity contribution in [1.82, 2.24) is 4.98 Å². The highest BCUT2D eigenvalue weighted by Gasteiger charge is 2.34. The second-order valence-electron chi connectivity index (χ2n) is 5.65. The number of aromatic nitrogens is 1. The molecule has 0 saturated carbocycles. The molecule has 20 heavy (non-hydrogen) atoms. The molecule has 0 atom stereocenters. The van der Waals surface area contributed by atoms with Gasteiger partial charge >= 0.3 is 5.97 Å². The number of ether oxygens (including phenoxy) is 1. The molecule has 0 unspecified atom stereocenters. The quantitative estimate of drug-likeness (QED) is 0.721. The third-order valence-corrected chi connectivity index (χ3v) is 4.13. The molecule has 0 aliphatic carbocycles. The van der Waals surface area contributed by atoms with E-state index in [-0.39, 0.29) is 5.97 Å². The lowest BCUT2D eigenvalue weighted by molar-refractivity contribution is -0.148. The van der Waals surface area contributed by atoms with Crippen LogP contribution in [0.5, 0.6) is 0 Å². The van der Waals surface area contributed by atoms with Crippen molar-refractivity contribution in [2.75, 3.05) is 18.1 Å². The first kappa shape index (κ1) is 17.0. The van der Waals surface area contributed by atoms with E-state index in [1.807, 2.05) is 26.2 Å². The van der Waals surface area contributed by atoms with Crippen molar-refractivity contribution >= 4 is 22.4 Å². The van der Waals surface area contributed by atoms with Crippen molar-refractivity contribution in [3.05, 3.63) is 11.1 Å². The number of rotatable bonds is 7. The number of anilines is 1. The summed E-state index contributed by atoms with van der Waals surface area (Å²) in [6, 6.07) is 0.402. The highest BCUT2D eigenvalue weighted by molar-refractivity contribution is 7.13. The number of nitrogens with zero attached hydrogens (tertiary/aromatic N) is 2. The fraction of sp³-hybridized carbons (Fsp3) is 0.733. The minimum Gasteiger partial charge on any atom is -0.465 e. The predicted molar refractivity (Wildman–Crippen MR) is 84.5 cm³/mol. The number of thiazole rings is 1. The Morgan fingerprint density at radius 1 is 1.45 bits per heavy atom. The van der Waals surface area contributed by atoms with Crippen molar-refractivity contribution in [3.63, 3.8) is 0 Å². The van der Waals surface area contributed by atoms with Crippen molar-refractivity contribution in [3.8, 4) is 0 Å². The van der Waals surface area contributed by atoms with E-state index in [0.717, 1.165) is 23.8 Å². The topological polar surface area (TPSA) is 42.4 Å². The lowest BCUT2D eigenvalue weighted by Gasteiger charge is -2.26. The van der Waals surface area contributed by atoms with Crippen LogP contribution in [0.3, 0.4) is 0 Å². The van der Waals surface area contributed by atoms with E-state index in [1.54, 1.807) is 11.3 Å². The molecule has 0 aromatic carbocycles. The van der Waals surface area contributed by atoms with Crippen LogP contribution in [0.15, 0.2) is 5.38 Å². The van der Waals surface area contributed by atoms with Gasteiger partial charge in [-0.25, -0.2) is 4.98 Å². The predicted octanol–water partition coefficient (Wildman–Crippen LogP) is 3.61. The van der Waals surface area contributed by atoms with Gasteiger partial charge in [-0.05, 0) is 41.0 Å². The van der Waals surface area contributed by atoms with E-state index < -0.39 is 5.41 Å². The van der Waals surface area contributed by atoms with Crippen LogP contribution < -0.4 is 4.90 Å². The number of esters is 1. The molecule has 0 bridgehead atoms. The summed E-state index contributed by atoms with van der Waals surface area (Å²) in [4.78, 5) is 19.0.